The summed E-state index contributed by atoms with van der Waals surface area (Å²) in [6.45, 7) is 0.949. The van der Waals surface area contributed by atoms with Crippen molar-refractivity contribution in [1.29, 1.82) is 0 Å². The lowest BCUT2D eigenvalue weighted by Crippen LogP contribution is -2.36. The minimum Gasteiger partial charge on any atom is -0.423 e. The fourth-order valence-corrected chi connectivity index (χ4v) is 2.25. The molecule has 1 aliphatic heterocycles. The zero-order valence-electron chi connectivity index (χ0n) is 10.1. The second-order valence-corrected chi connectivity index (χ2v) is 4.59. The van der Waals surface area contributed by atoms with Gasteiger partial charge in [-0.1, -0.05) is 0 Å². The van der Waals surface area contributed by atoms with Crippen molar-refractivity contribution >= 4 is 22.8 Å². The lowest BCUT2D eigenvalue weighted by Gasteiger charge is -2.27. The average molecular weight is 265 g/mol. The fraction of sp³-hybridized carbons (Fsp3) is 0.417. The molecular formula is C12H12FN3O3. The second-order valence-electron chi connectivity index (χ2n) is 4.59. The van der Waals surface area contributed by atoms with Crippen molar-refractivity contribution in [2.45, 2.75) is 19.0 Å². The summed E-state index contributed by atoms with van der Waals surface area (Å²) in [4.78, 5) is 16.2. The minimum absolute atomic E-state index is 0.0442. The molecule has 1 aromatic carbocycles. The van der Waals surface area contributed by atoms with Gasteiger partial charge in [-0.2, -0.15) is 4.98 Å². The van der Waals surface area contributed by atoms with E-state index in [2.05, 4.69) is 4.98 Å². The molecule has 1 saturated heterocycles. The van der Waals surface area contributed by atoms with Gasteiger partial charge in [-0.3, -0.25) is 10.1 Å². The number of nitro groups is 1. The molecule has 6 nitrogen and oxygen atoms in total. The summed E-state index contributed by atoms with van der Waals surface area (Å²) in [7, 11) is 0. The zero-order valence-corrected chi connectivity index (χ0v) is 10.1. The molecule has 0 spiro atoms. The summed E-state index contributed by atoms with van der Waals surface area (Å²) >= 11 is 0. The van der Waals surface area contributed by atoms with Crippen LogP contribution in [0.25, 0.3) is 11.1 Å². The Balaban J connectivity index is 1.94. The quantitative estimate of drug-likeness (QED) is 0.616. The summed E-state index contributed by atoms with van der Waals surface area (Å²) in [6.07, 6.45) is 0.431. The monoisotopic (exact) mass is 265 g/mol. The number of hydrogen-bond acceptors (Lipinski definition) is 5. The van der Waals surface area contributed by atoms with Gasteiger partial charge in [0.25, 0.3) is 11.7 Å². The Morgan fingerprint density at radius 1 is 1.53 bits per heavy atom. The highest BCUT2D eigenvalue weighted by atomic mass is 19.1. The summed E-state index contributed by atoms with van der Waals surface area (Å²) in [5, 5.41) is 10.7. The topological polar surface area (TPSA) is 72.4 Å². The van der Waals surface area contributed by atoms with Gasteiger partial charge in [0.05, 0.1) is 17.5 Å². The normalized spacial score (nSPS) is 19.8. The van der Waals surface area contributed by atoms with Gasteiger partial charge >= 0.3 is 0 Å². The largest absolute Gasteiger partial charge is 0.423 e. The maximum absolute atomic E-state index is 13.3. The van der Waals surface area contributed by atoms with E-state index >= 15 is 0 Å². The molecule has 7 heteroatoms. The van der Waals surface area contributed by atoms with Crippen molar-refractivity contribution in [2.75, 3.05) is 18.0 Å². The molecule has 0 saturated carbocycles. The molecule has 0 amide bonds. The Bertz CT molecular complexity index is 628. The van der Waals surface area contributed by atoms with E-state index in [1.165, 1.54) is 18.2 Å². The van der Waals surface area contributed by atoms with Gasteiger partial charge < -0.3 is 9.32 Å². The van der Waals surface area contributed by atoms with Gasteiger partial charge in [-0.25, -0.2) is 4.39 Å². The first-order valence-corrected chi connectivity index (χ1v) is 6.07. The number of piperidine rings is 1. The van der Waals surface area contributed by atoms with Crippen molar-refractivity contribution in [3.05, 3.63) is 28.3 Å². The van der Waals surface area contributed by atoms with Crippen LogP contribution >= 0.6 is 0 Å². The van der Waals surface area contributed by atoms with Crippen molar-refractivity contribution in [3.63, 3.8) is 0 Å². The summed E-state index contributed by atoms with van der Waals surface area (Å²) < 4.78 is 18.8. The molecule has 100 valence electrons. The number of alkyl halides is 1. The Morgan fingerprint density at radius 3 is 3.11 bits per heavy atom. The molecular weight excluding hydrogens is 253 g/mol. The zero-order chi connectivity index (χ0) is 13.4. The summed E-state index contributed by atoms with van der Waals surface area (Å²) in [5.74, 6) is 0. The van der Waals surface area contributed by atoms with Crippen LogP contribution in [0, 0.1) is 10.1 Å². The summed E-state index contributed by atoms with van der Waals surface area (Å²) in [6, 6.07) is 4.58. The maximum Gasteiger partial charge on any atom is 0.298 e. The number of fused-ring (bicyclic) bond motifs is 1. The van der Waals surface area contributed by atoms with Crippen LogP contribution in [0.3, 0.4) is 0 Å². The number of halogens is 1. The first kappa shape index (κ1) is 11.9. The minimum atomic E-state index is -0.877. The third kappa shape index (κ3) is 2.23. The first-order chi connectivity index (χ1) is 9.13. The number of oxazole rings is 1. The highest BCUT2D eigenvalue weighted by molar-refractivity contribution is 5.77. The third-order valence-corrected chi connectivity index (χ3v) is 3.21. The average Bonchev–Trinajstić information content (AvgIpc) is 2.81. The molecule has 0 N–H and O–H groups in total. The van der Waals surface area contributed by atoms with E-state index in [1.807, 2.05) is 0 Å². The van der Waals surface area contributed by atoms with Crippen molar-refractivity contribution in [3.8, 4) is 0 Å². The van der Waals surface area contributed by atoms with Gasteiger partial charge in [-0.15, -0.1) is 0 Å². The van der Waals surface area contributed by atoms with Crippen LogP contribution in [-0.4, -0.2) is 29.2 Å². The number of anilines is 1. The SMILES string of the molecule is O=[N+]([O-])c1ccc2nc(N3CCC[C@H](F)C3)oc2c1. The van der Waals surface area contributed by atoms with Crippen LogP contribution in [0.15, 0.2) is 22.6 Å². The fourth-order valence-electron chi connectivity index (χ4n) is 2.25. The van der Waals surface area contributed by atoms with E-state index in [0.717, 1.165) is 6.42 Å². The lowest BCUT2D eigenvalue weighted by molar-refractivity contribution is -0.384. The van der Waals surface area contributed by atoms with Crippen molar-refractivity contribution in [1.82, 2.24) is 4.98 Å². The lowest BCUT2D eigenvalue weighted by atomic mass is 10.1. The van der Waals surface area contributed by atoms with Crippen LogP contribution in [0.1, 0.15) is 12.8 Å². The molecule has 1 fully saturated rings. The predicted molar refractivity (Wildman–Crippen MR) is 67.0 cm³/mol. The van der Waals surface area contributed by atoms with Crippen LogP contribution in [0.5, 0.6) is 0 Å². The standard InChI is InChI=1S/C12H12FN3O3/c13-8-2-1-5-15(7-8)12-14-10-4-3-9(16(17)18)6-11(10)19-12/h3-4,6,8H,1-2,5,7H2/t8-/m0/s1. The number of non-ortho nitro benzene ring substituents is 1. The molecule has 0 radical (unpaired) electrons. The van der Waals surface area contributed by atoms with Crippen LogP contribution in [0.2, 0.25) is 0 Å². The van der Waals surface area contributed by atoms with Crippen molar-refractivity contribution in [2.24, 2.45) is 0 Å². The smallest absolute Gasteiger partial charge is 0.298 e. The highest BCUT2D eigenvalue weighted by Gasteiger charge is 2.23. The number of nitro benzene ring substituents is 1. The molecule has 19 heavy (non-hydrogen) atoms. The van der Waals surface area contributed by atoms with E-state index in [4.69, 9.17) is 4.42 Å². The van der Waals surface area contributed by atoms with Crippen LogP contribution in [-0.2, 0) is 0 Å². The molecule has 2 aromatic rings. The molecule has 1 aliphatic rings. The first-order valence-electron chi connectivity index (χ1n) is 6.07. The molecule has 0 aliphatic carbocycles. The highest BCUT2D eigenvalue weighted by Crippen LogP contribution is 2.27. The molecule has 2 heterocycles. The Morgan fingerprint density at radius 2 is 2.37 bits per heavy atom. The van der Waals surface area contributed by atoms with E-state index in [0.29, 0.717) is 30.1 Å². The number of aromatic nitrogens is 1. The maximum atomic E-state index is 13.3. The van der Waals surface area contributed by atoms with Gasteiger partial charge in [0.15, 0.2) is 5.58 Å². The number of benzene rings is 1. The van der Waals surface area contributed by atoms with Gasteiger partial charge in [0.1, 0.15) is 11.7 Å². The Kier molecular flexibility index (Phi) is 2.81. The van der Waals surface area contributed by atoms with Gasteiger partial charge in [0.2, 0.25) is 0 Å². The van der Waals surface area contributed by atoms with Gasteiger partial charge in [-0.05, 0) is 18.9 Å². The third-order valence-electron chi connectivity index (χ3n) is 3.21. The van der Waals surface area contributed by atoms with E-state index < -0.39 is 11.1 Å². The number of nitrogens with zero attached hydrogens (tertiary/aromatic N) is 3. The number of hydrogen-bond donors (Lipinski definition) is 0. The van der Waals surface area contributed by atoms with Gasteiger partial charge in [0, 0.05) is 12.6 Å². The molecule has 0 bridgehead atoms. The molecule has 1 atom stereocenters. The predicted octanol–water partition coefficient (Wildman–Crippen LogP) is 2.67. The molecule has 3 rings (SSSR count). The van der Waals surface area contributed by atoms with Crippen LogP contribution < -0.4 is 4.90 Å². The van der Waals surface area contributed by atoms with E-state index in [-0.39, 0.29) is 12.2 Å². The van der Waals surface area contributed by atoms with E-state index in [9.17, 15) is 14.5 Å². The number of rotatable bonds is 2. The molecule has 1 aromatic heterocycles. The van der Waals surface area contributed by atoms with Crippen molar-refractivity contribution < 1.29 is 13.7 Å². The molecule has 0 unspecified atom stereocenters. The summed E-state index contributed by atoms with van der Waals surface area (Å²) in [5.41, 5.74) is 0.851. The van der Waals surface area contributed by atoms with Crippen LogP contribution in [0.4, 0.5) is 16.1 Å². The second kappa shape index (κ2) is 4.49. The Hall–Kier alpha value is -2.18. The Labute approximate surface area is 108 Å². The van der Waals surface area contributed by atoms with E-state index in [1.54, 1.807) is 4.90 Å².